The molecule has 2 unspecified atom stereocenters. The smallest absolute Gasteiger partial charge is 0.231 e. The van der Waals surface area contributed by atoms with Crippen LogP contribution in [-0.4, -0.2) is 36.6 Å². The van der Waals surface area contributed by atoms with Crippen molar-refractivity contribution in [1.82, 2.24) is 5.32 Å². The average Bonchev–Trinajstić information content (AvgIpc) is 2.87. The lowest BCUT2D eigenvalue weighted by molar-refractivity contribution is 0.174. The fourth-order valence-electron chi connectivity index (χ4n) is 2.00. The maximum absolute atomic E-state index is 8.92. The number of aliphatic hydroxyl groups is 1. The maximum atomic E-state index is 8.92. The summed E-state index contributed by atoms with van der Waals surface area (Å²) in [5, 5.41) is 12.7. The van der Waals surface area contributed by atoms with Crippen molar-refractivity contribution in [3.8, 4) is 11.5 Å². The van der Waals surface area contributed by atoms with Crippen molar-refractivity contribution in [1.29, 1.82) is 0 Å². The molecule has 2 N–H and O–H groups in total. The van der Waals surface area contributed by atoms with Crippen LogP contribution in [0.5, 0.6) is 11.5 Å². The van der Waals surface area contributed by atoms with E-state index in [0.717, 1.165) is 23.7 Å². The number of benzene rings is 1. The van der Waals surface area contributed by atoms with E-state index in [1.165, 1.54) is 5.56 Å². The first kappa shape index (κ1) is 14.5. The minimum atomic E-state index is 0.252. The second-order valence-corrected chi connectivity index (χ2v) is 6.08. The van der Waals surface area contributed by atoms with Gasteiger partial charge in [0, 0.05) is 23.7 Å². The molecule has 1 aliphatic heterocycles. The van der Waals surface area contributed by atoms with Gasteiger partial charge in [0.25, 0.3) is 0 Å². The minimum Gasteiger partial charge on any atom is -0.454 e. The molecule has 1 aliphatic rings. The maximum Gasteiger partial charge on any atom is 0.231 e. The zero-order valence-corrected chi connectivity index (χ0v) is 12.2. The molecule has 0 saturated carbocycles. The van der Waals surface area contributed by atoms with Crippen LogP contribution >= 0.6 is 11.8 Å². The predicted molar refractivity (Wildman–Crippen MR) is 78.0 cm³/mol. The molecule has 106 valence electrons. The first-order chi connectivity index (χ1) is 9.24. The minimum absolute atomic E-state index is 0.252. The number of hydrogen-bond donors (Lipinski definition) is 2. The largest absolute Gasteiger partial charge is 0.454 e. The Balaban J connectivity index is 1.97. The number of fused-ring (bicyclic) bond motifs is 1. The molecule has 0 amide bonds. The summed E-state index contributed by atoms with van der Waals surface area (Å²) in [6.07, 6.45) is 0.836. The van der Waals surface area contributed by atoms with Crippen LogP contribution < -0.4 is 14.8 Å². The second-order valence-electron chi connectivity index (χ2n) is 4.61. The van der Waals surface area contributed by atoms with Gasteiger partial charge in [-0.05, 0) is 31.2 Å². The Kier molecular flexibility index (Phi) is 5.36. The van der Waals surface area contributed by atoms with Gasteiger partial charge in [-0.25, -0.2) is 0 Å². The van der Waals surface area contributed by atoms with E-state index in [4.69, 9.17) is 14.6 Å². The Morgan fingerprint density at radius 3 is 2.89 bits per heavy atom. The molecule has 0 spiro atoms. The Labute approximate surface area is 118 Å². The highest BCUT2D eigenvalue weighted by atomic mass is 32.2. The van der Waals surface area contributed by atoms with E-state index in [0.29, 0.717) is 12.0 Å². The Morgan fingerprint density at radius 2 is 2.16 bits per heavy atom. The van der Waals surface area contributed by atoms with Gasteiger partial charge < -0.3 is 19.9 Å². The van der Waals surface area contributed by atoms with E-state index in [2.05, 4.69) is 18.3 Å². The molecular formula is C14H21NO3S. The highest BCUT2D eigenvalue weighted by Gasteiger charge is 2.17. The summed E-state index contributed by atoms with van der Waals surface area (Å²) in [4.78, 5) is 0. The molecule has 1 aromatic rings. The number of ether oxygens (including phenoxy) is 2. The molecule has 5 heteroatoms. The van der Waals surface area contributed by atoms with E-state index in [9.17, 15) is 0 Å². The van der Waals surface area contributed by atoms with Gasteiger partial charge in [-0.2, -0.15) is 11.8 Å². The van der Waals surface area contributed by atoms with E-state index in [1.54, 1.807) is 0 Å². The highest BCUT2D eigenvalue weighted by molar-refractivity contribution is 7.99. The highest BCUT2D eigenvalue weighted by Crippen LogP contribution is 2.35. The van der Waals surface area contributed by atoms with Crippen LogP contribution in [0.2, 0.25) is 0 Å². The molecular weight excluding hydrogens is 262 g/mol. The van der Waals surface area contributed by atoms with Crippen LogP contribution in [0.4, 0.5) is 0 Å². The molecule has 19 heavy (non-hydrogen) atoms. The summed E-state index contributed by atoms with van der Waals surface area (Å²) in [5.74, 6) is 2.61. The third-order valence-corrected chi connectivity index (χ3v) is 4.56. The lowest BCUT2D eigenvalue weighted by Gasteiger charge is -2.19. The van der Waals surface area contributed by atoms with Gasteiger partial charge in [0.15, 0.2) is 11.5 Å². The Bertz CT molecular complexity index is 414. The molecule has 2 atom stereocenters. The quantitative estimate of drug-likeness (QED) is 0.803. The van der Waals surface area contributed by atoms with E-state index >= 15 is 0 Å². The van der Waals surface area contributed by atoms with Crippen molar-refractivity contribution in [3.63, 3.8) is 0 Å². The fourth-order valence-corrected chi connectivity index (χ4v) is 3.15. The summed E-state index contributed by atoms with van der Waals surface area (Å²) in [6.45, 7) is 2.71. The second kappa shape index (κ2) is 7.03. The van der Waals surface area contributed by atoms with Crippen molar-refractivity contribution in [2.75, 3.05) is 26.2 Å². The van der Waals surface area contributed by atoms with Crippen molar-refractivity contribution in [3.05, 3.63) is 23.8 Å². The van der Waals surface area contributed by atoms with Crippen LogP contribution in [0.25, 0.3) is 0 Å². The van der Waals surface area contributed by atoms with Crippen molar-refractivity contribution in [2.24, 2.45) is 0 Å². The van der Waals surface area contributed by atoms with Gasteiger partial charge in [0.05, 0.1) is 0 Å². The van der Waals surface area contributed by atoms with E-state index in [-0.39, 0.29) is 12.6 Å². The average molecular weight is 283 g/mol. The van der Waals surface area contributed by atoms with Crippen molar-refractivity contribution in [2.45, 2.75) is 24.6 Å². The molecule has 1 heterocycles. The van der Waals surface area contributed by atoms with Crippen LogP contribution in [0.3, 0.4) is 0 Å². The number of rotatable bonds is 7. The summed E-state index contributed by atoms with van der Waals surface area (Å²) >= 11 is 1.87. The third kappa shape index (κ3) is 3.78. The topological polar surface area (TPSA) is 50.7 Å². The first-order valence-electron chi connectivity index (χ1n) is 6.54. The zero-order chi connectivity index (χ0) is 13.7. The van der Waals surface area contributed by atoms with E-state index in [1.807, 2.05) is 30.9 Å². The third-order valence-electron chi connectivity index (χ3n) is 3.23. The molecule has 2 rings (SSSR count). The van der Waals surface area contributed by atoms with Gasteiger partial charge in [0.1, 0.15) is 0 Å². The van der Waals surface area contributed by atoms with Crippen LogP contribution in [0.1, 0.15) is 24.9 Å². The van der Waals surface area contributed by atoms with Crippen LogP contribution in [0.15, 0.2) is 18.2 Å². The Morgan fingerprint density at radius 1 is 1.37 bits per heavy atom. The summed E-state index contributed by atoms with van der Waals surface area (Å²) < 4.78 is 10.7. The molecule has 0 fully saturated rings. The van der Waals surface area contributed by atoms with Crippen LogP contribution in [-0.2, 0) is 0 Å². The van der Waals surface area contributed by atoms with Gasteiger partial charge >= 0.3 is 0 Å². The monoisotopic (exact) mass is 283 g/mol. The molecule has 0 aromatic heterocycles. The molecule has 1 aromatic carbocycles. The lowest BCUT2D eigenvalue weighted by Crippen LogP contribution is -2.20. The zero-order valence-electron chi connectivity index (χ0n) is 11.4. The summed E-state index contributed by atoms with van der Waals surface area (Å²) in [7, 11) is 1.96. The number of nitrogens with one attached hydrogen (secondary N) is 1. The van der Waals surface area contributed by atoms with Gasteiger partial charge in [-0.3, -0.25) is 0 Å². The number of thioether (sulfide) groups is 1. The summed E-state index contributed by atoms with van der Waals surface area (Å²) in [5.41, 5.74) is 1.20. The summed E-state index contributed by atoms with van der Waals surface area (Å²) in [6, 6.07) is 6.36. The molecule has 4 nitrogen and oxygen atoms in total. The molecule has 0 aliphatic carbocycles. The van der Waals surface area contributed by atoms with Crippen molar-refractivity contribution >= 4 is 11.8 Å². The SMILES string of the molecule is CNC(CSC(C)CCO)c1ccc2c(c1)OCO2. The lowest BCUT2D eigenvalue weighted by atomic mass is 10.1. The van der Waals surface area contributed by atoms with Gasteiger partial charge in [0.2, 0.25) is 6.79 Å². The molecule has 0 bridgehead atoms. The fraction of sp³-hybridized carbons (Fsp3) is 0.571. The van der Waals surface area contributed by atoms with Gasteiger partial charge in [-0.15, -0.1) is 0 Å². The normalized spacial score (nSPS) is 16.4. The predicted octanol–water partition coefficient (Wildman–Crippen LogP) is 2.18. The van der Waals surface area contributed by atoms with E-state index < -0.39 is 0 Å². The number of hydrogen-bond acceptors (Lipinski definition) is 5. The number of aliphatic hydroxyl groups excluding tert-OH is 1. The van der Waals surface area contributed by atoms with Crippen molar-refractivity contribution < 1.29 is 14.6 Å². The first-order valence-corrected chi connectivity index (χ1v) is 7.58. The Hall–Kier alpha value is -0.910. The van der Waals surface area contributed by atoms with Crippen LogP contribution in [0, 0.1) is 0 Å². The molecule has 0 radical (unpaired) electrons. The molecule has 0 saturated heterocycles. The van der Waals surface area contributed by atoms with Gasteiger partial charge in [-0.1, -0.05) is 13.0 Å². The standard InChI is InChI=1S/C14H21NO3S/c1-10(5-6-16)19-8-12(15-2)11-3-4-13-14(7-11)18-9-17-13/h3-4,7,10,12,15-16H,5-6,8-9H2,1-2H3.